The number of rotatable bonds is 4. The smallest absolute Gasteiger partial charge is 0.159 e. The zero-order chi connectivity index (χ0) is 39.4. The second-order valence-electron chi connectivity index (χ2n) is 15.9. The number of anilines is 3. The molecule has 0 atom stereocenters. The Bertz CT molecular complexity index is 3460. The standard InChI is InChI=1S/C57H35NO2/c1-2-18-38(19-3-1)58(51-30-15-26-44-42-23-10-13-31-52(42)59-56(44)51)50-29-12-9-22-41(50)43-25-14-28-47-53(43)45-24-8-11-27-46(45)57(47)48-34-32-36-16-4-6-20-39(36)54(48)60-55-40-21-7-5-17-37(40)33-35-49(55)57/h1-35H. The van der Waals surface area contributed by atoms with E-state index < -0.39 is 5.41 Å². The molecular formula is C57H35NO2. The fraction of sp³-hybridized carbons (Fsp3) is 0.0175. The average molecular weight is 766 g/mol. The van der Waals surface area contributed by atoms with Gasteiger partial charge in [0.1, 0.15) is 17.1 Å². The van der Waals surface area contributed by atoms with Crippen molar-refractivity contribution < 1.29 is 9.15 Å². The van der Waals surface area contributed by atoms with Gasteiger partial charge in [0, 0.05) is 43.9 Å². The third kappa shape index (κ3) is 4.44. The van der Waals surface area contributed by atoms with Crippen LogP contribution < -0.4 is 9.64 Å². The Balaban J connectivity index is 1.12. The van der Waals surface area contributed by atoms with Gasteiger partial charge in [0.15, 0.2) is 5.58 Å². The zero-order valence-electron chi connectivity index (χ0n) is 32.5. The first-order valence-electron chi connectivity index (χ1n) is 20.6. The molecule has 0 saturated heterocycles. The van der Waals surface area contributed by atoms with Crippen molar-refractivity contribution in [2.75, 3.05) is 4.90 Å². The lowest BCUT2D eigenvalue weighted by atomic mass is 9.65. The van der Waals surface area contributed by atoms with Crippen LogP contribution in [0.5, 0.6) is 11.5 Å². The van der Waals surface area contributed by atoms with Crippen molar-refractivity contribution >= 4 is 60.5 Å². The molecule has 280 valence electrons. The number of furan rings is 1. The monoisotopic (exact) mass is 765 g/mol. The van der Waals surface area contributed by atoms with Crippen LogP contribution in [0.4, 0.5) is 17.1 Å². The summed E-state index contributed by atoms with van der Waals surface area (Å²) in [5.41, 5.74) is 13.8. The molecule has 0 unspecified atom stereocenters. The number of benzene rings is 10. The largest absolute Gasteiger partial charge is 0.455 e. The minimum absolute atomic E-state index is 0.646. The third-order valence-corrected chi connectivity index (χ3v) is 12.9. The molecule has 0 saturated carbocycles. The van der Waals surface area contributed by atoms with E-state index in [2.05, 4.69) is 211 Å². The summed E-state index contributed by atoms with van der Waals surface area (Å²) in [6, 6.07) is 76.6. The van der Waals surface area contributed by atoms with Gasteiger partial charge in [0.2, 0.25) is 0 Å². The Morgan fingerprint density at radius 1 is 0.350 bits per heavy atom. The van der Waals surface area contributed by atoms with Gasteiger partial charge < -0.3 is 14.1 Å². The highest BCUT2D eigenvalue weighted by molar-refractivity contribution is 6.11. The molecule has 60 heavy (non-hydrogen) atoms. The van der Waals surface area contributed by atoms with Gasteiger partial charge in [0.05, 0.1) is 16.8 Å². The van der Waals surface area contributed by atoms with Gasteiger partial charge in [-0.3, -0.25) is 0 Å². The van der Waals surface area contributed by atoms with Crippen molar-refractivity contribution in [1.29, 1.82) is 0 Å². The lowest BCUT2D eigenvalue weighted by molar-refractivity contribution is 0.447. The molecule has 0 amide bonds. The minimum Gasteiger partial charge on any atom is -0.455 e. The summed E-state index contributed by atoms with van der Waals surface area (Å²) in [6.45, 7) is 0. The molecule has 11 aromatic rings. The minimum atomic E-state index is -0.646. The SMILES string of the molecule is c1ccc(N(c2ccccc2-c2cccc3c2-c2ccccc2C32c3ccc4ccccc4c3Oc3c2ccc2ccccc32)c2cccc3c2oc2ccccc23)cc1. The van der Waals surface area contributed by atoms with Crippen LogP contribution >= 0.6 is 0 Å². The van der Waals surface area contributed by atoms with E-state index >= 15 is 0 Å². The molecule has 1 aromatic heterocycles. The Hall–Kier alpha value is -7.88. The molecule has 0 N–H and O–H groups in total. The molecular weight excluding hydrogens is 731 g/mol. The van der Waals surface area contributed by atoms with E-state index in [-0.39, 0.29) is 0 Å². The maximum absolute atomic E-state index is 7.23. The number of ether oxygens (including phenoxy) is 1. The van der Waals surface area contributed by atoms with Gasteiger partial charge in [-0.15, -0.1) is 0 Å². The van der Waals surface area contributed by atoms with Crippen LogP contribution in [-0.4, -0.2) is 0 Å². The fourth-order valence-electron chi connectivity index (χ4n) is 10.5. The van der Waals surface area contributed by atoms with E-state index in [1.165, 1.54) is 27.8 Å². The van der Waals surface area contributed by atoms with Crippen LogP contribution in [0.3, 0.4) is 0 Å². The average Bonchev–Trinajstić information content (AvgIpc) is 3.84. The number of hydrogen-bond acceptors (Lipinski definition) is 3. The zero-order valence-corrected chi connectivity index (χ0v) is 32.5. The van der Waals surface area contributed by atoms with Crippen LogP contribution in [0, 0.1) is 0 Å². The first-order chi connectivity index (χ1) is 29.8. The van der Waals surface area contributed by atoms with E-state index in [0.29, 0.717) is 0 Å². The maximum atomic E-state index is 7.23. The van der Waals surface area contributed by atoms with Crippen molar-refractivity contribution in [3.63, 3.8) is 0 Å². The molecule has 13 rings (SSSR count). The van der Waals surface area contributed by atoms with Gasteiger partial charge in [-0.2, -0.15) is 0 Å². The molecule has 0 radical (unpaired) electrons. The molecule has 10 aromatic carbocycles. The summed E-state index contributed by atoms with van der Waals surface area (Å²) < 4.78 is 13.9. The summed E-state index contributed by atoms with van der Waals surface area (Å²) in [5, 5.41) is 6.73. The van der Waals surface area contributed by atoms with Gasteiger partial charge in [-0.25, -0.2) is 0 Å². The van der Waals surface area contributed by atoms with E-state index in [1.807, 2.05) is 6.07 Å². The van der Waals surface area contributed by atoms with Crippen molar-refractivity contribution in [3.8, 4) is 33.8 Å². The Morgan fingerprint density at radius 3 is 1.67 bits per heavy atom. The topological polar surface area (TPSA) is 25.6 Å². The third-order valence-electron chi connectivity index (χ3n) is 12.9. The fourth-order valence-corrected chi connectivity index (χ4v) is 10.5. The number of nitrogens with zero attached hydrogens (tertiary/aromatic N) is 1. The summed E-state index contributed by atoms with van der Waals surface area (Å²) in [6.07, 6.45) is 0. The Labute approximate surface area is 347 Å². The second kappa shape index (κ2) is 12.6. The maximum Gasteiger partial charge on any atom is 0.159 e. The van der Waals surface area contributed by atoms with Crippen molar-refractivity contribution in [2.45, 2.75) is 5.41 Å². The molecule has 2 heterocycles. The molecule has 0 fully saturated rings. The second-order valence-corrected chi connectivity index (χ2v) is 15.9. The van der Waals surface area contributed by atoms with Crippen molar-refractivity contribution in [1.82, 2.24) is 0 Å². The first-order valence-corrected chi connectivity index (χ1v) is 20.6. The first kappa shape index (κ1) is 33.1. The van der Waals surface area contributed by atoms with Crippen LogP contribution in [0.2, 0.25) is 0 Å². The van der Waals surface area contributed by atoms with Gasteiger partial charge in [-0.1, -0.05) is 182 Å². The van der Waals surface area contributed by atoms with Gasteiger partial charge in [-0.05, 0) is 68.9 Å². The molecule has 1 spiro atoms. The summed E-state index contributed by atoms with van der Waals surface area (Å²) in [5.74, 6) is 1.83. The quantitative estimate of drug-likeness (QED) is 0.178. The van der Waals surface area contributed by atoms with Crippen molar-refractivity contribution in [3.05, 3.63) is 235 Å². The van der Waals surface area contributed by atoms with Crippen LogP contribution in [-0.2, 0) is 5.41 Å². The summed E-state index contributed by atoms with van der Waals surface area (Å²) in [4.78, 5) is 2.37. The van der Waals surface area contributed by atoms with Gasteiger partial charge >= 0.3 is 0 Å². The van der Waals surface area contributed by atoms with E-state index in [0.717, 1.165) is 88.7 Å². The van der Waals surface area contributed by atoms with E-state index in [9.17, 15) is 0 Å². The number of para-hydroxylation sites is 4. The lowest BCUT2D eigenvalue weighted by Crippen LogP contribution is -2.32. The lowest BCUT2D eigenvalue weighted by Gasteiger charge is -2.40. The molecule has 1 aliphatic heterocycles. The molecule has 1 aliphatic carbocycles. The van der Waals surface area contributed by atoms with Crippen LogP contribution in [0.25, 0.3) is 65.7 Å². The Kier molecular flexibility index (Phi) is 6.93. The van der Waals surface area contributed by atoms with Crippen LogP contribution in [0.1, 0.15) is 22.3 Å². The molecule has 0 bridgehead atoms. The molecule has 3 nitrogen and oxygen atoms in total. The summed E-state index contributed by atoms with van der Waals surface area (Å²) >= 11 is 0. The Morgan fingerprint density at radius 2 is 0.900 bits per heavy atom. The highest BCUT2D eigenvalue weighted by atomic mass is 16.5. The van der Waals surface area contributed by atoms with Crippen LogP contribution in [0.15, 0.2) is 217 Å². The van der Waals surface area contributed by atoms with Crippen molar-refractivity contribution in [2.24, 2.45) is 0 Å². The highest BCUT2D eigenvalue weighted by Gasteiger charge is 2.52. The highest BCUT2D eigenvalue weighted by Crippen LogP contribution is 2.65. The number of hydrogen-bond donors (Lipinski definition) is 0. The normalized spacial score (nSPS) is 13.3. The summed E-state index contributed by atoms with van der Waals surface area (Å²) in [7, 11) is 0. The van der Waals surface area contributed by atoms with E-state index in [4.69, 9.17) is 9.15 Å². The predicted octanol–water partition coefficient (Wildman–Crippen LogP) is 15.5. The van der Waals surface area contributed by atoms with E-state index in [1.54, 1.807) is 0 Å². The number of fused-ring (bicyclic) bond motifs is 16. The predicted molar refractivity (Wildman–Crippen MR) is 246 cm³/mol. The molecule has 3 heteroatoms. The molecule has 2 aliphatic rings. The van der Waals surface area contributed by atoms with Gasteiger partial charge in [0.25, 0.3) is 0 Å².